The van der Waals surface area contributed by atoms with Crippen LogP contribution >= 0.6 is 23.2 Å². The molecule has 0 unspecified atom stereocenters. The van der Waals surface area contributed by atoms with Gasteiger partial charge in [0.15, 0.2) is 0 Å². The average Bonchev–Trinajstić information content (AvgIpc) is 2.37. The number of nitrogens with one attached hydrogen (secondary N) is 1. The number of pyridine rings is 1. The third-order valence-corrected chi connectivity index (χ3v) is 3.29. The van der Waals surface area contributed by atoms with Gasteiger partial charge >= 0.3 is 5.97 Å². The van der Waals surface area contributed by atoms with Crippen LogP contribution in [-0.4, -0.2) is 22.0 Å². The zero-order valence-corrected chi connectivity index (χ0v) is 12.4. The van der Waals surface area contributed by atoms with Crippen LogP contribution in [0.5, 0.6) is 0 Å². The van der Waals surface area contributed by atoms with Crippen molar-refractivity contribution in [2.24, 2.45) is 0 Å². The number of hydrogen-bond acceptors (Lipinski definition) is 3. The highest BCUT2D eigenvalue weighted by Crippen LogP contribution is 2.22. The Morgan fingerprint density at radius 1 is 1.19 bits per heavy atom. The minimum Gasteiger partial charge on any atom is -0.478 e. The van der Waals surface area contributed by atoms with Crippen LogP contribution in [-0.2, 0) is 0 Å². The van der Waals surface area contributed by atoms with Gasteiger partial charge in [0.05, 0.1) is 16.8 Å². The molecule has 1 aromatic carbocycles. The number of aryl methyl sites for hydroxylation is 1. The molecule has 1 amide bonds. The molecule has 2 rings (SSSR count). The lowest BCUT2D eigenvalue weighted by Gasteiger charge is -2.11. The maximum absolute atomic E-state index is 12.2. The third-order valence-electron chi connectivity index (χ3n) is 2.79. The lowest BCUT2D eigenvalue weighted by Crippen LogP contribution is -2.16. The molecule has 0 saturated carbocycles. The molecule has 21 heavy (non-hydrogen) atoms. The number of benzene rings is 1. The van der Waals surface area contributed by atoms with Crippen molar-refractivity contribution < 1.29 is 14.7 Å². The molecule has 7 heteroatoms. The van der Waals surface area contributed by atoms with Gasteiger partial charge in [-0.1, -0.05) is 35.3 Å². The summed E-state index contributed by atoms with van der Waals surface area (Å²) < 4.78 is 0. The lowest BCUT2D eigenvalue weighted by molar-refractivity contribution is 0.0697. The van der Waals surface area contributed by atoms with E-state index in [1.165, 1.54) is 18.2 Å². The van der Waals surface area contributed by atoms with Crippen molar-refractivity contribution in [3.05, 3.63) is 57.3 Å². The largest absolute Gasteiger partial charge is 0.478 e. The molecular weight excluding hydrogens is 315 g/mol. The SMILES string of the molecule is Cc1cccc(NC(=O)c2ccc(Cl)nc2Cl)c1C(=O)O. The predicted molar refractivity (Wildman–Crippen MR) is 80.3 cm³/mol. The zero-order chi connectivity index (χ0) is 15.6. The van der Waals surface area contributed by atoms with Gasteiger partial charge in [-0.05, 0) is 30.7 Å². The van der Waals surface area contributed by atoms with Gasteiger partial charge < -0.3 is 10.4 Å². The Balaban J connectivity index is 2.36. The number of amides is 1. The van der Waals surface area contributed by atoms with E-state index in [0.29, 0.717) is 5.56 Å². The van der Waals surface area contributed by atoms with E-state index in [0.717, 1.165) is 0 Å². The van der Waals surface area contributed by atoms with Gasteiger partial charge in [-0.25, -0.2) is 9.78 Å². The van der Waals surface area contributed by atoms with Crippen molar-refractivity contribution in [3.63, 3.8) is 0 Å². The molecule has 0 aliphatic heterocycles. The van der Waals surface area contributed by atoms with Crippen LogP contribution in [0.25, 0.3) is 0 Å². The summed E-state index contributed by atoms with van der Waals surface area (Å²) in [6.07, 6.45) is 0. The first-order valence-corrected chi connectivity index (χ1v) is 6.62. The molecule has 0 aliphatic carbocycles. The van der Waals surface area contributed by atoms with E-state index >= 15 is 0 Å². The molecule has 108 valence electrons. The van der Waals surface area contributed by atoms with Gasteiger partial charge in [0.1, 0.15) is 10.3 Å². The number of hydrogen-bond donors (Lipinski definition) is 2. The van der Waals surface area contributed by atoms with E-state index in [9.17, 15) is 14.7 Å². The molecule has 1 aromatic heterocycles. The Hall–Kier alpha value is -2.11. The van der Waals surface area contributed by atoms with E-state index in [1.54, 1.807) is 19.1 Å². The van der Waals surface area contributed by atoms with Gasteiger partial charge in [-0.2, -0.15) is 0 Å². The van der Waals surface area contributed by atoms with E-state index in [2.05, 4.69) is 10.3 Å². The maximum Gasteiger partial charge on any atom is 0.338 e. The number of anilines is 1. The Morgan fingerprint density at radius 3 is 2.52 bits per heavy atom. The van der Waals surface area contributed by atoms with Gasteiger partial charge in [0.2, 0.25) is 0 Å². The molecule has 2 aromatic rings. The summed E-state index contributed by atoms with van der Waals surface area (Å²) in [5, 5.41) is 11.8. The number of carbonyl (C=O) groups excluding carboxylic acids is 1. The van der Waals surface area contributed by atoms with Crippen LogP contribution < -0.4 is 5.32 Å². The summed E-state index contributed by atoms with van der Waals surface area (Å²) in [5.74, 6) is -1.68. The fourth-order valence-electron chi connectivity index (χ4n) is 1.83. The fourth-order valence-corrected chi connectivity index (χ4v) is 2.26. The summed E-state index contributed by atoms with van der Waals surface area (Å²) in [5.41, 5.74) is 0.877. The molecule has 5 nitrogen and oxygen atoms in total. The number of aromatic nitrogens is 1. The monoisotopic (exact) mass is 324 g/mol. The van der Waals surface area contributed by atoms with Crippen LogP contribution in [0, 0.1) is 6.92 Å². The number of nitrogens with zero attached hydrogens (tertiary/aromatic N) is 1. The smallest absolute Gasteiger partial charge is 0.338 e. The number of carboxylic acids is 1. The van der Waals surface area contributed by atoms with Gasteiger partial charge in [-0.3, -0.25) is 4.79 Å². The maximum atomic E-state index is 12.2. The molecule has 0 aliphatic rings. The summed E-state index contributed by atoms with van der Waals surface area (Å²) in [7, 11) is 0. The van der Waals surface area contributed by atoms with E-state index < -0.39 is 11.9 Å². The lowest BCUT2D eigenvalue weighted by atomic mass is 10.1. The summed E-state index contributed by atoms with van der Waals surface area (Å²) in [4.78, 5) is 27.2. The normalized spacial score (nSPS) is 10.2. The molecule has 0 fully saturated rings. The van der Waals surface area contributed by atoms with Crippen molar-refractivity contribution in [3.8, 4) is 0 Å². The minimum absolute atomic E-state index is 0.0314. The van der Waals surface area contributed by atoms with Crippen molar-refractivity contribution >= 4 is 40.8 Å². The number of carbonyl (C=O) groups is 2. The third kappa shape index (κ3) is 3.32. The molecule has 0 atom stereocenters. The predicted octanol–water partition coefficient (Wildman–Crippen LogP) is 3.65. The zero-order valence-electron chi connectivity index (χ0n) is 10.9. The highest BCUT2D eigenvalue weighted by Gasteiger charge is 2.17. The Morgan fingerprint density at radius 2 is 1.90 bits per heavy atom. The van der Waals surface area contributed by atoms with Gasteiger partial charge in [0, 0.05) is 0 Å². The first kappa shape index (κ1) is 15.3. The summed E-state index contributed by atoms with van der Waals surface area (Å²) >= 11 is 11.5. The van der Waals surface area contributed by atoms with Crippen LogP contribution in [0.3, 0.4) is 0 Å². The van der Waals surface area contributed by atoms with Crippen molar-refractivity contribution in [1.82, 2.24) is 4.98 Å². The second-order valence-electron chi connectivity index (χ2n) is 4.23. The Labute approximate surface area is 130 Å². The van der Waals surface area contributed by atoms with Crippen molar-refractivity contribution in [1.29, 1.82) is 0 Å². The van der Waals surface area contributed by atoms with Crippen LogP contribution in [0.1, 0.15) is 26.3 Å². The quantitative estimate of drug-likeness (QED) is 0.844. The Bertz CT molecular complexity index is 732. The highest BCUT2D eigenvalue weighted by atomic mass is 35.5. The van der Waals surface area contributed by atoms with Crippen molar-refractivity contribution in [2.45, 2.75) is 6.92 Å². The highest BCUT2D eigenvalue weighted by molar-refractivity contribution is 6.35. The molecule has 0 radical (unpaired) electrons. The second-order valence-corrected chi connectivity index (χ2v) is 4.97. The Kier molecular flexibility index (Phi) is 4.45. The molecule has 0 bridgehead atoms. The molecular formula is C14H10Cl2N2O3. The number of halogens is 2. The van der Waals surface area contributed by atoms with Crippen LogP contribution in [0.2, 0.25) is 10.3 Å². The van der Waals surface area contributed by atoms with E-state index in [-0.39, 0.29) is 27.1 Å². The van der Waals surface area contributed by atoms with Gasteiger partial charge in [-0.15, -0.1) is 0 Å². The van der Waals surface area contributed by atoms with E-state index in [1.807, 2.05) is 0 Å². The topological polar surface area (TPSA) is 79.3 Å². The second kappa shape index (κ2) is 6.11. The van der Waals surface area contributed by atoms with Gasteiger partial charge in [0.25, 0.3) is 5.91 Å². The first-order chi connectivity index (χ1) is 9.90. The van der Waals surface area contributed by atoms with Crippen LogP contribution in [0.15, 0.2) is 30.3 Å². The number of carboxylic acid groups (broad SMARTS) is 1. The molecule has 0 spiro atoms. The molecule has 2 N–H and O–H groups in total. The summed E-state index contributed by atoms with van der Waals surface area (Å²) in [6, 6.07) is 7.65. The van der Waals surface area contributed by atoms with E-state index in [4.69, 9.17) is 23.2 Å². The molecule has 0 saturated heterocycles. The molecule has 1 heterocycles. The van der Waals surface area contributed by atoms with Crippen LogP contribution in [0.4, 0.5) is 5.69 Å². The first-order valence-electron chi connectivity index (χ1n) is 5.86. The van der Waals surface area contributed by atoms with Crippen molar-refractivity contribution in [2.75, 3.05) is 5.32 Å². The summed E-state index contributed by atoms with van der Waals surface area (Å²) in [6.45, 7) is 1.65. The number of rotatable bonds is 3. The average molecular weight is 325 g/mol. The minimum atomic E-state index is -1.12. The number of aromatic carboxylic acids is 1. The standard InChI is InChI=1S/C14H10Cl2N2O3/c1-7-3-2-4-9(11(7)14(20)21)17-13(19)8-5-6-10(15)18-12(8)16/h2-6H,1H3,(H,17,19)(H,20,21). The fraction of sp³-hybridized carbons (Fsp3) is 0.0714.